The van der Waals surface area contributed by atoms with Crippen LogP contribution >= 0.6 is 24.2 Å². The van der Waals surface area contributed by atoms with Crippen LogP contribution in [0.2, 0.25) is 0 Å². The standard InChI is InChI=1S/C14H25N3O2S.ClH/c1-3-4-13(18)17-9-20-8-12(17)14(19)16-11-5-6-15-7-10(11)2;/h10-12,15H,3-9H2,1-2H3,(H,16,19);1H. The van der Waals surface area contributed by atoms with Crippen LogP contribution in [0.25, 0.3) is 0 Å². The minimum atomic E-state index is -0.277. The van der Waals surface area contributed by atoms with Gasteiger partial charge >= 0.3 is 0 Å². The van der Waals surface area contributed by atoms with Crippen molar-refractivity contribution in [3.63, 3.8) is 0 Å². The zero-order valence-corrected chi connectivity index (χ0v) is 14.4. The van der Waals surface area contributed by atoms with Crippen LogP contribution in [0.4, 0.5) is 0 Å². The first kappa shape index (κ1) is 18.6. The highest BCUT2D eigenvalue weighted by Gasteiger charge is 2.35. The van der Waals surface area contributed by atoms with Crippen LogP contribution in [-0.4, -0.2) is 53.5 Å². The van der Waals surface area contributed by atoms with E-state index in [1.807, 2.05) is 6.92 Å². The molecule has 0 saturated carbocycles. The van der Waals surface area contributed by atoms with E-state index >= 15 is 0 Å². The Balaban J connectivity index is 0.00000220. The zero-order chi connectivity index (χ0) is 14.5. The average Bonchev–Trinajstić information content (AvgIpc) is 2.91. The largest absolute Gasteiger partial charge is 0.351 e. The fourth-order valence-electron chi connectivity index (χ4n) is 2.77. The van der Waals surface area contributed by atoms with Crippen LogP contribution < -0.4 is 10.6 Å². The molecule has 0 aliphatic carbocycles. The van der Waals surface area contributed by atoms with Gasteiger partial charge in [-0.3, -0.25) is 9.59 Å². The van der Waals surface area contributed by atoms with E-state index in [-0.39, 0.29) is 36.3 Å². The van der Waals surface area contributed by atoms with Crippen molar-refractivity contribution in [3.8, 4) is 0 Å². The van der Waals surface area contributed by atoms with Gasteiger partial charge in [-0.25, -0.2) is 0 Å². The highest BCUT2D eigenvalue weighted by Crippen LogP contribution is 2.23. The molecule has 2 saturated heterocycles. The van der Waals surface area contributed by atoms with Gasteiger partial charge in [0.05, 0.1) is 5.88 Å². The van der Waals surface area contributed by atoms with Crippen molar-refractivity contribution in [3.05, 3.63) is 0 Å². The number of nitrogens with zero attached hydrogens (tertiary/aromatic N) is 1. The molecule has 0 aromatic rings. The highest BCUT2D eigenvalue weighted by atomic mass is 35.5. The van der Waals surface area contributed by atoms with Gasteiger partial charge in [-0.2, -0.15) is 0 Å². The van der Waals surface area contributed by atoms with Gasteiger partial charge in [-0.15, -0.1) is 24.2 Å². The minimum Gasteiger partial charge on any atom is -0.351 e. The number of carbonyl (C=O) groups is 2. The van der Waals surface area contributed by atoms with E-state index in [4.69, 9.17) is 0 Å². The van der Waals surface area contributed by atoms with Crippen LogP contribution in [0.15, 0.2) is 0 Å². The summed E-state index contributed by atoms with van der Waals surface area (Å²) in [5, 5.41) is 6.48. The molecule has 7 heteroatoms. The van der Waals surface area contributed by atoms with Crippen LogP contribution in [0, 0.1) is 5.92 Å². The van der Waals surface area contributed by atoms with Crippen LogP contribution in [-0.2, 0) is 9.59 Å². The molecule has 0 aromatic heterocycles. The van der Waals surface area contributed by atoms with Crippen LogP contribution in [0.3, 0.4) is 0 Å². The van der Waals surface area contributed by atoms with Gasteiger partial charge in [0, 0.05) is 18.2 Å². The molecule has 0 bridgehead atoms. The highest BCUT2D eigenvalue weighted by molar-refractivity contribution is 7.99. The fraction of sp³-hybridized carbons (Fsp3) is 0.857. The fourth-order valence-corrected chi connectivity index (χ4v) is 3.95. The van der Waals surface area contributed by atoms with Crippen LogP contribution in [0.5, 0.6) is 0 Å². The molecule has 2 fully saturated rings. The average molecular weight is 336 g/mol. The molecule has 122 valence electrons. The molecule has 21 heavy (non-hydrogen) atoms. The normalized spacial score (nSPS) is 28.9. The maximum atomic E-state index is 12.4. The second-order valence-electron chi connectivity index (χ2n) is 5.71. The second-order valence-corrected chi connectivity index (χ2v) is 6.71. The van der Waals surface area contributed by atoms with Gasteiger partial charge in [0.1, 0.15) is 6.04 Å². The van der Waals surface area contributed by atoms with Gasteiger partial charge in [0.2, 0.25) is 11.8 Å². The Morgan fingerprint density at radius 3 is 2.86 bits per heavy atom. The van der Waals surface area contributed by atoms with E-state index in [2.05, 4.69) is 17.6 Å². The van der Waals surface area contributed by atoms with E-state index in [0.717, 1.165) is 31.7 Å². The molecule has 0 aromatic carbocycles. The summed E-state index contributed by atoms with van der Waals surface area (Å²) in [6.45, 7) is 6.05. The van der Waals surface area contributed by atoms with Gasteiger partial charge in [-0.05, 0) is 31.8 Å². The molecule has 0 radical (unpaired) electrons. The Kier molecular flexibility index (Phi) is 7.84. The summed E-state index contributed by atoms with van der Waals surface area (Å²) in [6.07, 6.45) is 2.34. The van der Waals surface area contributed by atoms with Gasteiger partial charge < -0.3 is 15.5 Å². The van der Waals surface area contributed by atoms with Crippen molar-refractivity contribution in [2.24, 2.45) is 5.92 Å². The second kappa shape index (κ2) is 8.86. The molecule has 2 N–H and O–H groups in total. The van der Waals surface area contributed by atoms with Crippen LogP contribution in [0.1, 0.15) is 33.1 Å². The first-order valence-electron chi connectivity index (χ1n) is 7.51. The summed E-state index contributed by atoms with van der Waals surface area (Å²) in [5.74, 6) is 1.95. The molecule has 5 nitrogen and oxygen atoms in total. The lowest BCUT2D eigenvalue weighted by Crippen LogP contribution is -2.54. The summed E-state index contributed by atoms with van der Waals surface area (Å²) < 4.78 is 0. The molecule has 2 heterocycles. The number of hydrogen-bond donors (Lipinski definition) is 2. The Morgan fingerprint density at radius 2 is 2.19 bits per heavy atom. The number of rotatable bonds is 4. The molecule has 3 unspecified atom stereocenters. The van der Waals surface area contributed by atoms with Crippen molar-refractivity contribution in [2.45, 2.75) is 45.2 Å². The molecule has 2 aliphatic rings. The quantitative estimate of drug-likeness (QED) is 0.811. The number of carbonyl (C=O) groups excluding carboxylic acids is 2. The van der Waals surface area contributed by atoms with E-state index in [9.17, 15) is 9.59 Å². The van der Waals surface area contributed by atoms with Gasteiger partial charge in [0.15, 0.2) is 0 Å². The topological polar surface area (TPSA) is 61.4 Å². The summed E-state index contributed by atoms with van der Waals surface area (Å²) in [4.78, 5) is 26.2. The van der Waals surface area contributed by atoms with E-state index < -0.39 is 0 Å². The van der Waals surface area contributed by atoms with Gasteiger partial charge in [-0.1, -0.05) is 13.8 Å². The maximum Gasteiger partial charge on any atom is 0.243 e. The van der Waals surface area contributed by atoms with Crippen molar-refractivity contribution in [2.75, 3.05) is 24.7 Å². The van der Waals surface area contributed by atoms with E-state index in [1.54, 1.807) is 16.7 Å². The number of hydrogen-bond acceptors (Lipinski definition) is 4. The third-order valence-corrected chi connectivity index (χ3v) is 5.09. The van der Waals surface area contributed by atoms with Gasteiger partial charge in [0.25, 0.3) is 0 Å². The van der Waals surface area contributed by atoms with Crippen molar-refractivity contribution < 1.29 is 9.59 Å². The Bertz CT molecular complexity index is 370. The number of piperidine rings is 1. The third kappa shape index (κ3) is 4.76. The number of halogens is 1. The molecule has 2 rings (SSSR count). The predicted molar refractivity (Wildman–Crippen MR) is 88.7 cm³/mol. The summed E-state index contributed by atoms with van der Waals surface area (Å²) >= 11 is 1.67. The monoisotopic (exact) mass is 335 g/mol. The maximum absolute atomic E-state index is 12.4. The van der Waals surface area contributed by atoms with E-state index in [1.165, 1.54) is 0 Å². The summed E-state index contributed by atoms with van der Waals surface area (Å²) in [6, 6.07) is -0.0430. The molecular weight excluding hydrogens is 310 g/mol. The molecular formula is C14H26ClN3O2S. The number of amides is 2. The lowest BCUT2D eigenvalue weighted by Gasteiger charge is -2.32. The Hall–Kier alpha value is -0.460. The predicted octanol–water partition coefficient (Wildman–Crippen LogP) is 1.22. The summed E-state index contributed by atoms with van der Waals surface area (Å²) in [7, 11) is 0. The van der Waals surface area contributed by atoms with Crippen molar-refractivity contribution in [1.82, 2.24) is 15.5 Å². The molecule has 0 spiro atoms. The Labute approximate surface area is 137 Å². The van der Waals surface area contributed by atoms with Crippen molar-refractivity contribution in [1.29, 1.82) is 0 Å². The van der Waals surface area contributed by atoms with E-state index in [0.29, 0.717) is 18.2 Å². The first-order valence-corrected chi connectivity index (χ1v) is 8.67. The third-order valence-electron chi connectivity index (χ3n) is 4.08. The first-order chi connectivity index (χ1) is 9.63. The Morgan fingerprint density at radius 1 is 1.43 bits per heavy atom. The SMILES string of the molecule is CCCC(=O)N1CSCC1C(=O)NC1CCNCC1C.Cl. The smallest absolute Gasteiger partial charge is 0.243 e. The van der Waals surface area contributed by atoms with Crippen molar-refractivity contribution >= 4 is 36.0 Å². The number of nitrogens with one attached hydrogen (secondary N) is 2. The minimum absolute atomic E-state index is 0. The lowest BCUT2D eigenvalue weighted by atomic mass is 9.95. The molecule has 2 amide bonds. The molecule has 3 atom stereocenters. The summed E-state index contributed by atoms with van der Waals surface area (Å²) in [5.41, 5.74) is 0. The zero-order valence-electron chi connectivity index (χ0n) is 12.8. The molecule has 2 aliphatic heterocycles. The number of thioether (sulfide) groups is 1. The lowest BCUT2D eigenvalue weighted by molar-refractivity contribution is -0.138.